The monoisotopic (exact) mass is 462 g/mol. The number of anilines is 1. The second-order valence-electron chi connectivity index (χ2n) is 5.96. The van der Waals surface area contributed by atoms with Crippen molar-refractivity contribution in [1.29, 1.82) is 0 Å². The lowest BCUT2D eigenvalue weighted by atomic mass is 10.2. The van der Waals surface area contributed by atoms with E-state index in [4.69, 9.17) is 34.8 Å². The van der Waals surface area contributed by atoms with Crippen LogP contribution in [0, 0.1) is 0 Å². The molecule has 0 atom stereocenters. The van der Waals surface area contributed by atoms with E-state index in [1.165, 1.54) is 6.20 Å². The van der Waals surface area contributed by atoms with Gasteiger partial charge in [0.2, 0.25) is 0 Å². The van der Waals surface area contributed by atoms with Crippen LogP contribution in [0.4, 0.5) is 18.9 Å². The number of pyridine rings is 1. The van der Waals surface area contributed by atoms with Gasteiger partial charge in [0.15, 0.2) is 0 Å². The van der Waals surface area contributed by atoms with Gasteiger partial charge in [0.05, 0.1) is 34.0 Å². The quantitative estimate of drug-likeness (QED) is 0.559. The molecule has 0 unspecified atom stereocenters. The highest BCUT2D eigenvalue weighted by Crippen LogP contribution is 2.31. The Morgan fingerprint density at radius 2 is 1.72 bits per heavy atom. The smallest absolute Gasteiger partial charge is 0.375 e. The maximum absolute atomic E-state index is 12.7. The van der Waals surface area contributed by atoms with Crippen molar-refractivity contribution in [2.45, 2.75) is 19.3 Å². The van der Waals surface area contributed by atoms with Crippen LogP contribution >= 0.6 is 34.8 Å². The van der Waals surface area contributed by atoms with Gasteiger partial charge in [0.1, 0.15) is 5.69 Å². The maximum Gasteiger partial charge on any atom is 0.417 e. The van der Waals surface area contributed by atoms with Crippen LogP contribution in [0.15, 0.2) is 47.5 Å². The molecule has 0 saturated heterocycles. The van der Waals surface area contributed by atoms with Crippen molar-refractivity contribution in [1.82, 2.24) is 14.8 Å². The highest BCUT2D eigenvalue weighted by atomic mass is 35.5. The van der Waals surface area contributed by atoms with Crippen LogP contribution in [0.1, 0.15) is 16.8 Å². The topological polar surface area (TPSA) is 59.8 Å². The molecule has 0 radical (unpaired) electrons. The molecule has 0 aliphatic rings. The highest BCUT2D eigenvalue weighted by Gasteiger charge is 2.31. The Morgan fingerprint density at radius 3 is 2.34 bits per heavy atom. The Balaban J connectivity index is 1.83. The van der Waals surface area contributed by atoms with E-state index in [-0.39, 0.29) is 28.0 Å². The van der Waals surface area contributed by atoms with Gasteiger partial charge in [-0.25, -0.2) is 4.68 Å². The van der Waals surface area contributed by atoms with Gasteiger partial charge in [-0.1, -0.05) is 46.9 Å². The second-order valence-corrected chi connectivity index (χ2v) is 7.21. The molecule has 2 heterocycles. The summed E-state index contributed by atoms with van der Waals surface area (Å²) in [4.78, 5) is 16.4. The van der Waals surface area contributed by atoms with E-state index in [0.29, 0.717) is 17.8 Å². The van der Waals surface area contributed by atoms with E-state index in [1.807, 2.05) is 0 Å². The lowest BCUT2D eigenvalue weighted by Crippen LogP contribution is -2.27. The van der Waals surface area contributed by atoms with E-state index in [0.717, 1.165) is 16.3 Å². The third kappa shape index (κ3) is 5.20. The molecule has 0 spiro atoms. The van der Waals surface area contributed by atoms with Gasteiger partial charge in [0.25, 0.3) is 5.56 Å². The first kappa shape index (κ1) is 21.4. The zero-order valence-corrected chi connectivity index (χ0v) is 16.7. The number of benzene rings is 1. The molecule has 3 aromatic rings. The van der Waals surface area contributed by atoms with Crippen molar-refractivity contribution in [3.05, 3.63) is 85.0 Å². The Morgan fingerprint density at radius 1 is 1.03 bits per heavy atom. The van der Waals surface area contributed by atoms with Crippen LogP contribution < -0.4 is 10.9 Å². The third-order valence-electron chi connectivity index (χ3n) is 3.92. The van der Waals surface area contributed by atoms with Crippen molar-refractivity contribution in [2.24, 2.45) is 0 Å². The summed E-state index contributed by atoms with van der Waals surface area (Å²) in [7, 11) is 0. The fourth-order valence-corrected chi connectivity index (χ4v) is 2.96. The zero-order chi connectivity index (χ0) is 21.2. The number of nitrogens with zero attached hydrogens (tertiary/aromatic N) is 3. The molecule has 0 fully saturated rings. The SMILES string of the molecule is O=c1c(NCc2ccc(Cl)cc2)c(Cl)cnn1Cc1ncc(C(F)(F)F)cc1Cl. The van der Waals surface area contributed by atoms with Crippen LogP contribution in [0.3, 0.4) is 0 Å². The van der Waals surface area contributed by atoms with Crippen LogP contribution in [0.5, 0.6) is 0 Å². The number of rotatable bonds is 5. The Bertz CT molecular complexity index is 1090. The van der Waals surface area contributed by atoms with E-state index in [2.05, 4.69) is 15.4 Å². The normalized spacial score (nSPS) is 11.5. The van der Waals surface area contributed by atoms with E-state index in [9.17, 15) is 18.0 Å². The van der Waals surface area contributed by atoms with Crippen molar-refractivity contribution < 1.29 is 13.2 Å². The minimum Gasteiger partial charge on any atom is -0.375 e. The van der Waals surface area contributed by atoms with Crippen molar-refractivity contribution in [3.63, 3.8) is 0 Å². The molecule has 11 heteroatoms. The minimum atomic E-state index is -4.57. The molecule has 1 N–H and O–H groups in total. The lowest BCUT2D eigenvalue weighted by molar-refractivity contribution is -0.137. The summed E-state index contributed by atoms with van der Waals surface area (Å²) in [5.41, 5.74) is -0.516. The molecule has 3 rings (SSSR count). The first-order chi connectivity index (χ1) is 13.6. The summed E-state index contributed by atoms with van der Waals surface area (Å²) in [5, 5.41) is 7.31. The van der Waals surface area contributed by atoms with E-state index >= 15 is 0 Å². The molecule has 1 aromatic carbocycles. The van der Waals surface area contributed by atoms with Gasteiger partial charge in [-0.05, 0) is 23.8 Å². The summed E-state index contributed by atoms with van der Waals surface area (Å²) >= 11 is 17.8. The number of hydrogen-bond acceptors (Lipinski definition) is 4. The predicted molar refractivity (Wildman–Crippen MR) is 106 cm³/mol. The zero-order valence-electron chi connectivity index (χ0n) is 14.5. The van der Waals surface area contributed by atoms with Crippen LogP contribution in [0.25, 0.3) is 0 Å². The van der Waals surface area contributed by atoms with E-state index < -0.39 is 17.3 Å². The molecule has 152 valence electrons. The predicted octanol–water partition coefficient (Wildman–Crippen LogP) is 5.28. The fraction of sp³-hybridized carbons (Fsp3) is 0.167. The Kier molecular flexibility index (Phi) is 6.36. The molecular formula is C18H12Cl3F3N4O. The summed E-state index contributed by atoms with van der Waals surface area (Å²) in [6, 6.07) is 7.75. The van der Waals surface area contributed by atoms with Gasteiger partial charge < -0.3 is 5.32 Å². The molecule has 0 bridgehead atoms. The first-order valence-electron chi connectivity index (χ1n) is 8.10. The average Bonchev–Trinajstić information content (AvgIpc) is 2.66. The second kappa shape index (κ2) is 8.61. The lowest BCUT2D eigenvalue weighted by Gasteiger charge is -2.12. The number of nitrogens with one attached hydrogen (secondary N) is 1. The Hall–Kier alpha value is -2.29. The largest absolute Gasteiger partial charge is 0.417 e. The van der Waals surface area contributed by atoms with Crippen molar-refractivity contribution >= 4 is 40.5 Å². The summed E-state index contributed by atoms with van der Waals surface area (Å²) in [6.07, 6.45) is -2.66. The number of hydrogen-bond donors (Lipinski definition) is 1. The number of alkyl halides is 3. The van der Waals surface area contributed by atoms with Crippen molar-refractivity contribution in [2.75, 3.05) is 5.32 Å². The van der Waals surface area contributed by atoms with Gasteiger partial charge in [-0.3, -0.25) is 9.78 Å². The summed E-state index contributed by atoms with van der Waals surface area (Å²) in [5.74, 6) is 0. The van der Waals surface area contributed by atoms with Crippen molar-refractivity contribution in [3.8, 4) is 0 Å². The first-order valence-corrected chi connectivity index (χ1v) is 9.24. The minimum absolute atomic E-state index is 0.0697. The van der Waals surface area contributed by atoms with E-state index in [1.54, 1.807) is 24.3 Å². The van der Waals surface area contributed by atoms with Crippen LogP contribution in [-0.4, -0.2) is 14.8 Å². The molecule has 0 amide bonds. The van der Waals surface area contributed by atoms with Crippen LogP contribution in [0.2, 0.25) is 15.1 Å². The molecule has 0 aliphatic carbocycles. The maximum atomic E-state index is 12.7. The van der Waals surface area contributed by atoms with Crippen LogP contribution in [-0.2, 0) is 19.3 Å². The third-order valence-corrected chi connectivity index (χ3v) is 4.79. The summed E-state index contributed by atoms with van der Waals surface area (Å²) < 4.78 is 39.2. The summed E-state index contributed by atoms with van der Waals surface area (Å²) in [6.45, 7) is 0.0814. The average molecular weight is 464 g/mol. The molecular weight excluding hydrogens is 452 g/mol. The molecule has 5 nitrogen and oxygen atoms in total. The molecule has 2 aromatic heterocycles. The Labute approximate surface area is 178 Å². The molecule has 0 aliphatic heterocycles. The fourth-order valence-electron chi connectivity index (χ4n) is 2.41. The van der Waals surface area contributed by atoms with Gasteiger partial charge in [-0.15, -0.1) is 0 Å². The molecule has 0 saturated carbocycles. The standard InChI is InChI=1S/C18H12Cl3F3N4O/c19-12-3-1-10(2-4-12)6-26-16-14(21)8-27-28(17(16)29)9-15-13(20)5-11(7-25-15)18(22,23)24/h1-5,7-8,26H,6,9H2. The highest BCUT2D eigenvalue weighted by molar-refractivity contribution is 6.33. The number of aromatic nitrogens is 3. The van der Waals surface area contributed by atoms with Gasteiger partial charge >= 0.3 is 6.18 Å². The van der Waals surface area contributed by atoms with Gasteiger partial charge in [0, 0.05) is 17.8 Å². The number of halogens is 6. The molecule has 29 heavy (non-hydrogen) atoms. The van der Waals surface area contributed by atoms with Gasteiger partial charge in [-0.2, -0.15) is 18.3 Å².